The maximum Gasteiger partial charge on any atom is 0.144 e. The molecule has 0 aliphatic heterocycles. The van der Waals surface area contributed by atoms with Crippen molar-refractivity contribution in [3.63, 3.8) is 0 Å². The Morgan fingerprint density at radius 3 is 2.61 bits per heavy atom. The molecule has 0 saturated carbocycles. The Bertz CT molecular complexity index is 353. The largest absolute Gasteiger partial charge is 0.369 e. The van der Waals surface area contributed by atoms with Crippen molar-refractivity contribution in [2.75, 3.05) is 31.5 Å². The smallest absolute Gasteiger partial charge is 0.144 e. The van der Waals surface area contributed by atoms with Crippen LogP contribution in [0.2, 0.25) is 0 Å². The average Bonchev–Trinajstić information content (AvgIpc) is 2.40. The number of rotatable bonds is 8. The monoisotopic (exact) mass is 314 g/mol. The minimum absolute atomic E-state index is 0.899. The van der Waals surface area contributed by atoms with Crippen LogP contribution >= 0.6 is 15.9 Å². The SMILES string of the molecule is CCCNc1nc(CCN(CC)CC)ncc1Br. The van der Waals surface area contributed by atoms with Crippen LogP contribution in [0, 0.1) is 0 Å². The van der Waals surface area contributed by atoms with E-state index in [2.05, 4.69) is 56.9 Å². The molecule has 102 valence electrons. The van der Waals surface area contributed by atoms with E-state index in [1.807, 2.05) is 6.20 Å². The summed E-state index contributed by atoms with van der Waals surface area (Å²) < 4.78 is 0.933. The second kappa shape index (κ2) is 8.43. The molecule has 1 aromatic heterocycles. The first-order valence-electron chi connectivity index (χ1n) is 6.68. The van der Waals surface area contributed by atoms with Crippen LogP contribution in [0.4, 0.5) is 5.82 Å². The van der Waals surface area contributed by atoms with Gasteiger partial charge in [-0.1, -0.05) is 20.8 Å². The molecule has 1 heterocycles. The molecule has 5 heteroatoms. The van der Waals surface area contributed by atoms with E-state index < -0.39 is 0 Å². The zero-order valence-corrected chi connectivity index (χ0v) is 13.1. The lowest BCUT2D eigenvalue weighted by Crippen LogP contribution is -2.25. The number of aromatic nitrogens is 2. The van der Waals surface area contributed by atoms with Crippen LogP contribution < -0.4 is 5.32 Å². The summed E-state index contributed by atoms with van der Waals surface area (Å²) >= 11 is 3.47. The van der Waals surface area contributed by atoms with Gasteiger partial charge < -0.3 is 10.2 Å². The van der Waals surface area contributed by atoms with Gasteiger partial charge in [-0.25, -0.2) is 9.97 Å². The Morgan fingerprint density at radius 1 is 1.28 bits per heavy atom. The molecule has 0 atom stereocenters. The van der Waals surface area contributed by atoms with E-state index in [-0.39, 0.29) is 0 Å². The molecule has 0 aromatic carbocycles. The molecule has 1 rings (SSSR count). The molecule has 18 heavy (non-hydrogen) atoms. The van der Waals surface area contributed by atoms with E-state index in [4.69, 9.17) is 0 Å². The quantitative estimate of drug-likeness (QED) is 0.801. The van der Waals surface area contributed by atoms with Crippen LogP contribution in [-0.4, -0.2) is 41.0 Å². The van der Waals surface area contributed by atoms with Gasteiger partial charge in [-0.3, -0.25) is 0 Å². The standard InChI is InChI=1S/C13H23BrN4/c1-4-8-15-13-11(14)10-16-12(17-13)7-9-18(5-2)6-3/h10H,4-9H2,1-3H3,(H,15,16,17). The predicted octanol–water partition coefficient (Wildman–Crippen LogP) is 2.95. The van der Waals surface area contributed by atoms with Crippen molar-refractivity contribution < 1.29 is 0 Å². The van der Waals surface area contributed by atoms with Crippen LogP contribution in [0.25, 0.3) is 0 Å². The maximum atomic E-state index is 4.55. The van der Waals surface area contributed by atoms with E-state index in [1.165, 1.54) is 0 Å². The number of hydrogen-bond acceptors (Lipinski definition) is 4. The third-order valence-corrected chi connectivity index (χ3v) is 3.46. The molecule has 0 spiro atoms. The van der Waals surface area contributed by atoms with Crippen molar-refractivity contribution in [1.29, 1.82) is 0 Å². The van der Waals surface area contributed by atoms with Crippen LogP contribution in [0.5, 0.6) is 0 Å². The Hall–Kier alpha value is -0.680. The molecule has 0 radical (unpaired) electrons. The van der Waals surface area contributed by atoms with E-state index in [1.54, 1.807) is 0 Å². The molecule has 1 aromatic rings. The summed E-state index contributed by atoms with van der Waals surface area (Å²) in [6.07, 6.45) is 3.82. The molecular weight excluding hydrogens is 292 g/mol. The number of anilines is 1. The normalized spacial score (nSPS) is 10.9. The van der Waals surface area contributed by atoms with Crippen molar-refractivity contribution >= 4 is 21.7 Å². The van der Waals surface area contributed by atoms with Gasteiger partial charge in [-0.2, -0.15) is 0 Å². The zero-order valence-electron chi connectivity index (χ0n) is 11.5. The molecular formula is C13H23BrN4. The second-order valence-electron chi connectivity index (χ2n) is 4.19. The van der Waals surface area contributed by atoms with E-state index >= 15 is 0 Å². The maximum absolute atomic E-state index is 4.55. The molecule has 0 aliphatic carbocycles. The number of nitrogens with one attached hydrogen (secondary N) is 1. The molecule has 0 saturated heterocycles. The minimum atomic E-state index is 0.899. The highest BCUT2D eigenvalue weighted by molar-refractivity contribution is 9.10. The molecule has 0 amide bonds. The molecule has 0 aliphatic rings. The van der Waals surface area contributed by atoms with Crippen molar-refractivity contribution in [3.05, 3.63) is 16.5 Å². The van der Waals surface area contributed by atoms with E-state index in [0.717, 1.165) is 55.1 Å². The number of hydrogen-bond donors (Lipinski definition) is 1. The third-order valence-electron chi connectivity index (χ3n) is 2.88. The third kappa shape index (κ3) is 4.90. The van der Waals surface area contributed by atoms with Gasteiger partial charge >= 0.3 is 0 Å². The summed E-state index contributed by atoms with van der Waals surface area (Å²) in [5, 5.41) is 3.31. The number of nitrogens with zero attached hydrogens (tertiary/aromatic N) is 3. The van der Waals surface area contributed by atoms with Gasteiger partial charge in [0.05, 0.1) is 4.47 Å². The Labute approximate surface area is 118 Å². The highest BCUT2D eigenvalue weighted by atomic mass is 79.9. The lowest BCUT2D eigenvalue weighted by atomic mass is 10.3. The molecule has 0 unspecified atom stereocenters. The van der Waals surface area contributed by atoms with Crippen molar-refractivity contribution in [2.45, 2.75) is 33.6 Å². The molecule has 4 nitrogen and oxygen atoms in total. The first kappa shape index (κ1) is 15.4. The summed E-state index contributed by atoms with van der Waals surface area (Å²) in [4.78, 5) is 11.3. The van der Waals surface area contributed by atoms with Gasteiger partial charge in [0.1, 0.15) is 11.6 Å². The van der Waals surface area contributed by atoms with E-state index in [0.29, 0.717) is 0 Å². The lowest BCUT2D eigenvalue weighted by molar-refractivity contribution is 0.306. The zero-order chi connectivity index (χ0) is 13.4. The summed E-state index contributed by atoms with van der Waals surface area (Å²) in [7, 11) is 0. The second-order valence-corrected chi connectivity index (χ2v) is 5.04. The summed E-state index contributed by atoms with van der Waals surface area (Å²) in [5.74, 6) is 1.81. The predicted molar refractivity (Wildman–Crippen MR) is 80.0 cm³/mol. The van der Waals surface area contributed by atoms with Crippen LogP contribution in [0.3, 0.4) is 0 Å². The summed E-state index contributed by atoms with van der Waals surface area (Å²) in [6.45, 7) is 10.6. The fraction of sp³-hybridized carbons (Fsp3) is 0.692. The van der Waals surface area contributed by atoms with Gasteiger partial charge in [0.15, 0.2) is 0 Å². The van der Waals surface area contributed by atoms with Crippen molar-refractivity contribution in [1.82, 2.24) is 14.9 Å². The Morgan fingerprint density at radius 2 is 2.00 bits per heavy atom. The summed E-state index contributed by atoms with van der Waals surface area (Å²) in [5.41, 5.74) is 0. The van der Waals surface area contributed by atoms with Gasteiger partial charge in [0, 0.05) is 25.7 Å². The van der Waals surface area contributed by atoms with E-state index in [9.17, 15) is 0 Å². The number of likely N-dealkylation sites (N-methyl/N-ethyl adjacent to an activating group) is 1. The number of halogens is 1. The van der Waals surface area contributed by atoms with Crippen molar-refractivity contribution in [3.8, 4) is 0 Å². The van der Waals surface area contributed by atoms with Crippen LogP contribution in [0.15, 0.2) is 10.7 Å². The average molecular weight is 315 g/mol. The fourth-order valence-electron chi connectivity index (χ4n) is 1.69. The fourth-order valence-corrected chi connectivity index (χ4v) is 2.02. The van der Waals surface area contributed by atoms with Gasteiger partial charge in [0.25, 0.3) is 0 Å². The first-order valence-corrected chi connectivity index (χ1v) is 7.48. The Balaban J connectivity index is 2.60. The van der Waals surface area contributed by atoms with Gasteiger partial charge in [0.2, 0.25) is 0 Å². The molecule has 0 fully saturated rings. The highest BCUT2D eigenvalue weighted by Gasteiger charge is 2.06. The first-order chi connectivity index (χ1) is 8.71. The van der Waals surface area contributed by atoms with Crippen molar-refractivity contribution in [2.24, 2.45) is 0 Å². The topological polar surface area (TPSA) is 41.1 Å². The summed E-state index contributed by atoms with van der Waals surface area (Å²) in [6, 6.07) is 0. The van der Waals surface area contributed by atoms with Gasteiger partial charge in [-0.05, 0) is 35.4 Å². The molecule has 0 bridgehead atoms. The highest BCUT2D eigenvalue weighted by Crippen LogP contribution is 2.18. The Kier molecular flexibility index (Phi) is 7.20. The lowest BCUT2D eigenvalue weighted by Gasteiger charge is -2.17. The van der Waals surface area contributed by atoms with Crippen LogP contribution in [0.1, 0.15) is 33.0 Å². The molecule has 1 N–H and O–H groups in total. The van der Waals surface area contributed by atoms with Crippen LogP contribution in [-0.2, 0) is 6.42 Å². The minimum Gasteiger partial charge on any atom is -0.369 e. The van der Waals surface area contributed by atoms with Gasteiger partial charge in [-0.15, -0.1) is 0 Å².